The SMILES string of the molecule is C#CC(C)NC(=O)NC(CCC)C(=O)O. The van der Waals surface area contributed by atoms with Gasteiger partial charge in [-0.25, -0.2) is 9.59 Å². The third kappa shape index (κ3) is 5.57. The van der Waals surface area contributed by atoms with Gasteiger partial charge >= 0.3 is 12.0 Å². The van der Waals surface area contributed by atoms with Gasteiger partial charge in [-0.05, 0) is 13.3 Å². The van der Waals surface area contributed by atoms with Gasteiger partial charge in [-0.2, -0.15) is 0 Å². The van der Waals surface area contributed by atoms with Crippen molar-refractivity contribution in [2.45, 2.75) is 38.8 Å². The summed E-state index contributed by atoms with van der Waals surface area (Å²) >= 11 is 0. The van der Waals surface area contributed by atoms with Gasteiger partial charge in [0.25, 0.3) is 0 Å². The van der Waals surface area contributed by atoms with Crippen LogP contribution in [-0.4, -0.2) is 29.2 Å². The lowest BCUT2D eigenvalue weighted by Crippen LogP contribution is -2.48. The van der Waals surface area contributed by atoms with Gasteiger partial charge in [0.2, 0.25) is 0 Å². The monoisotopic (exact) mass is 212 g/mol. The Morgan fingerprint density at radius 1 is 1.47 bits per heavy atom. The minimum absolute atomic E-state index is 0.396. The van der Waals surface area contributed by atoms with Crippen LogP contribution in [0.3, 0.4) is 0 Å². The molecule has 0 radical (unpaired) electrons. The molecule has 0 saturated heterocycles. The third-order valence-electron chi connectivity index (χ3n) is 1.78. The van der Waals surface area contributed by atoms with Crippen molar-refractivity contribution in [1.29, 1.82) is 0 Å². The largest absolute Gasteiger partial charge is 0.480 e. The predicted octanol–water partition coefficient (Wildman–Crippen LogP) is 0.561. The Labute approximate surface area is 89.2 Å². The summed E-state index contributed by atoms with van der Waals surface area (Å²) in [6.45, 7) is 3.48. The molecular formula is C10H16N2O3. The number of urea groups is 1. The Morgan fingerprint density at radius 3 is 2.47 bits per heavy atom. The van der Waals surface area contributed by atoms with Crippen LogP contribution in [0.2, 0.25) is 0 Å². The summed E-state index contributed by atoms with van der Waals surface area (Å²) in [5, 5.41) is 13.5. The van der Waals surface area contributed by atoms with E-state index in [0.29, 0.717) is 12.8 Å². The standard InChI is InChI=1S/C10H16N2O3/c1-4-6-8(9(13)14)12-10(15)11-7(3)5-2/h2,7-8H,4,6H2,1,3H3,(H,13,14)(H2,11,12,15). The minimum Gasteiger partial charge on any atom is -0.480 e. The molecule has 0 aromatic heterocycles. The van der Waals surface area contributed by atoms with Gasteiger partial charge in [0.1, 0.15) is 6.04 Å². The van der Waals surface area contributed by atoms with Crippen LogP contribution in [0, 0.1) is 12.3 Å². The van der Waals surface area contributed by atoms with Crippen molar-refractivity contribution in [3.63, 3.8) is 0 Å². The van der Waals surface area contributed by atoms with Crippen LogP contribution in [0.4, 0.5) is 4.79 Å². The van der Waals surface area contributed by atoms with Crippen LogP contribution >= 0.6 is 0 Å². The van der Waals surface area contributed by atoms with E-state index in [9.17, 15) is 9.59 Å². The number of carbonyl (C=O) groups is 2. The van der Waals surface area contributed by atoms with Crippen LogP contribution < -0.4 is 10.6 Å². The Hall–Kier alpha value is -1.70. The smallest absolute Gasteiger partial charge is 0.326 e. The Bertz CT molecular complexity index is 270. The molecule has 0 saturated carbocycles. The fraction of sp³-hybridized carbons (Fsp3) is 0.600. The maximum atomic E-state index is 11.2. The molecule has 0 aromatic rings. The first-order chi connectivity index (χ1) is 7.01. The van der Waals surface area contributed by atoms with Gasteiger partial charge in [0.15, 0.2) is 0 Å². The molecule has 5 heteroatoms. The van der Waals surface area contributed by atoms with E-state index in [0.717, 1.165) is 0 Å². The average molecular weight is 212 g/mol. The number of hydrogen-bond donors (Lipinski definition) is 3. The molecule has 0 bridgehead atoms. The van der Waals surface area contributed by atoms with Gasteiger partial charge < -0.3 is 15.7 Å². The number of rotatable bonds is 5. The zero-order chi connectivity index (χ0) is 11.8. The van der Waals surface area contributed by atoms with E-state index in [1.54, 1.807) is 6.92 Å². The summed E-state index contributed by atoms with van der Waals surface area (Å²) < 4.78 is 0. The lowest BCUT2D eigenvalue weighted by Gasteiger charge is -2.15. The lowest BCUT2D eigenvalue weighted by molar-refractivity contribution is -0.139. The fourth-order valence-electron chi connectivity index (χ4n) is 0.984. The van der Waals surface area contributed by atoms with E-state index < -0.39 is 24.1 Å². The van der Waals surface area contributed by atoms with Crippen molar-refractivity contribution < 1.29 is 14.7 Å². The highest BCUT2D eigenvalue weighted by Crippen LogP contribution is 1.96. The summed E-state index contributed by atoms with van der Waals surface area (Å²) in [7, 11) is 0. The van der Waals surface area contributed by atoms with Crippen LogP contribution in [0.25, 0.3) is 0 Å². The van der Waals surface area contributed by atoms with E-state index in [2.05, 4.69) is 16.6 Å². The quantitative estimate of drug-likeness (QED) is 0.583. The summed E-state index contributed by atoms with van der Waals surface area (Å²) in [5.41, 5.74) is 0. The number of carboxylic acid groups (broad SMARTS) is 1. The van der Waals surface area contributed by atoms with Crippen LogP contribution in [-0.2, 0) is 4.79 Å². The van der Waals surface area contributed by atoms with E-state index in [1.807, 2.05) is 6.92 Å². The molecule has 15 heavy (non-hydrogen) atoms. The summed E-state index contributed by atoms with van der Waals surface area (Å²) in [6, 6.07) is -1.83. The highest BCUT2D eigenvalue weighted by molar-refractivity contribution is 5.82. The van der Waals surface area contributed by atoms with Gasteiger partial charge in [-0.15, -0.1) is 6.42 Å². The maximum absolute atomic E-state index is 11.2. The Morgan fingerprint density at radius 2 is 2.07 bits per heavy atom. The molecule has 5 nitrogen and oxygen atoms in total. The maximum Gasteiger partial charge on any atom is 0.326 e. The van der Waals surface area contributed by atoms with Crippen molar-refractivity contribution in [2.24, 2.45) is 0 Å². The van der Waals surface area contributed by atoms with Crippen LogP contribution in [0.15, 0.2) is 0 Å². The normalized spacial score (nSPS) is 13.4. The van der Waals surface area contributed by atoms with E-state index in [1.165, 1.54) is 0 Å². The Balaban J connectivity index is 4.12. The number of nitrogens with one attached hydrogen (secondary N) is 2. The second-order valence-electron chi connectivity index (χ2n) is 3.19. The molecule has 0 aliphatic carbocycles. The number of amides is 2. The van der Waals surface area contributed by atoms with Crippen molar-refractivity contribution in [3.05, 3.63) is 0 Å². The second-order valence-corrected chi connectivity index (χ2v) is 3.19. The average Bonchev–Trinajstić information content (AvgIpc) is 2.16. The topological polar surface area (TPSA) is 78.4 Å². The molecule has 0 aliphatic rings. The zero-order valence-electron chi connectivity index (χ0n) is 8.91. The van der Waals surface area contributed by atoms with Gasteiger partial charge in [0, 0.05) is 0 Å². The van der Waals surface area contributed by atoms with Crippen LogP contribution in [0.1, 0.15) is 26.7 Å². The molecule has 0 heterocycles. The molecule has 84 valence electrons. The number of hydrogen-bond acceptors (Lipinski definition) is 2. The molecule has 0 rings (SSSR count). The first-order valence-corrected chi connectivity index (χ1v) is 4.77. The highest BCUT2D eigenvalue weighted by Gasteiger charge is 2.18. The van der Waals surface area contributed by atoms with Crippen molar-refractivity contribution >= 4 is 12.0 Å². The number of carboxylic acids is 1. The highest BCUT2D eigenvalue weighted by atomic mass is 16.4. The number of terminal acetylenes is 1. The summed E-state index contributed by atoms with van der Waals surface area (Å²) in [6.07, 6.45) is 6.14. The van der Waals surface area contributed by atoms with Gasteiger partial charge in [-0.3, -0.25) is 0 Å². The number of aliphatic carboxylic acids is 1. The van der Waals surface area contributed by atoms with Crippen LogP contribution in [0.5, 0.6) is 0 Å². The third-order valence-corrected chi connectivity index (χ3v) is 1.78. The van der Waals surface area contributed by atoms with Gasteiger partial charge in [0.05, 0.1) is 6.04 Å². The van der Waals surface area contributed by atoms with E-state index in [4.69, 9.17) is 11.5 Å². The predicted molar refractivity (Wildman–Crippen MR) is 56.3 cm³/mol. The molecule has 3 N–H and O–H groups in total. The van der Waals surface area contributed by atoms with Crippen molar-refractivity contribution in [3.8, 4) is 12.3 Å². The molecule has 0 aliphatic heterocycles. The molecule has 2 atom stereocenters. The molecule has 0 spiro atoms. The molecule has 2 amide bonds. The second kappa shape index (κ2) is 6.71. The minimum atomic E-state index is -1.04. The Kier molecular flexibility index (Phi) is 5.95. The molecule has 2 unspecified atom stereocenters. The lowest BCUT2D eigenvalue weighted by atomic mass is 10.2. The van der Waals surface area contributed by atoms with Crippen molar-refractivity contribution in [2.75, 3.05) is 0 Å². The van der Waals surface area contributed by atoms with Gasteiger partial charge in [-0.1, -0.05) is 19.3 Å². The first kappa shape index (κ1) is 13.3. The number of carbonyl (C=O) groups excluding carboxylic acids is 1. The molecule has 0 aromatic carbocycles. The summed E-state index contributed by atoms with van der Waals surface area (Å²) in [4.78, 5) is 21.9. The summed E-state index contributed by atoms with van der Waals surface area (Å²) in [5.74, 6) is 1.27. The fourth-order valence-corrected chi connectivity index (χ4v) is 0.984. The van der Waals surface area contributed by atoms with E-state index >= 15 is 0 Å². The molecule has 0 fully saturated rings. The van der Waals surface area contributed by atoms with E-state index in [-0.39, 0.29) is 0 Å². The molecular weight excluding hydrogens is 196 g/mol. The van der Waals surface area contributed by atoms with Crippen molar-refractivity contribution in [1.82, 2.24) is 10.6 Å². The zero-order valence-corrected chi connectivity index (χ0v) is 8.91. The first-order valence-electron chi connectivity index (χ1n) is 4.77.